The van der Waals surface area contributed by atoms with E-state index in [9.17, 15) is 4.79 Å². The summed E-state index contributed by atoms with van der Waals surface area (Å²) in [7, 11) is 0. The number of likely N-dealkylation sites (tertiary alicyclic amines) is 1. The summed E-state index contributed by atoms with van der Waals surface area (Å²) in [5, 5.41) is 3.20. The third-order valence-electron chi connectivity index (χ3n) is 3.64. The molecule has 1 atom stereocenters. The van der Waals surface area contributed by atoms with Crippen molar-refractivity contribution in [1.29, 1.82) is 0 Å². The Hall–Kier alpha value is -0.740. The molecule has 1 aromatic heterocycles. The number of aromatic nitrogens is 1. The normalized spacial score (nSPS) is 21.4. The second-order valence-electron chi connectivity index (χ2n) is 5.29. The van der Waals surface area contributed by atoms with E-state index in [0.29, 0.717) is 18.5 Å². The van der Waals surface area contributed by atoms with Crippen LogP contribution in [0.4, 0.5) is 0 Å². The monoisotopic (exact) mass is 266 g/mol. The summed E-state index contributed by atoms with van der Waals surface area (Å²) in [6.07, 6.45) is 6.36. The molecule has 0 aromatic carbocycles. The van der Waals surface area contributed by atoms with Crippen LogP contribution >= 0.6 is 11.3 Å². The summed E-state index contributed by atoms with van der Waals surface area (Å²) in [4.78, 5) is 17.6. The topological polar surface area (TPSA) is 33.2 Å². The molecule has 4 heteroatoms. The molecule has 3 nitrogen and oxygen atoms in total. The van der Waals surface area contributed by atoms with Gasteiger partial charge >= 0.3 is 0 Å². The zero-order valence-electron chi connectivity index (χ0n) is 11.3. The first-order valence-corrected chi connectivity index (χ1v) is 7.71. The maximum absolute atomic E-state index is 10.5. The van der Waals surface area contributed by atoms with Crippen LogP contribution in [0.2, 0.25) is 0 Å². The molecular weight excluding hydrogens is 244 g/mol. The van der Waals surface area contributed by atoms with Crippen molar-refractivity contribution in [3.63, 3.8) is 0 Å². The Morgan fingerprint density at radius 3 is 3.11 bits per heavy atom. The quantitative estimate of drug-likeness (QED) is 0.768. The van der Waals surface area contributed by atoms with Gasteiger partial charge < -0.3 is 4.79 Å². The first-order valence-electron chi connectivity index (χ1n) is 6.83. The molecule has 100 valence electrons. The van der Waals surface area contributed by atoms with Crippen LogP contribution in [-0.2, 0) is 17.6 Å². The van der Waals surface area contributed by atoms with Gasteiger partial charge in [-0.05, 0) is 33.2 Å². The molecule has 2 rings (SSSR count). The highest BCUT2D eigenvalue weighted by atomic mass is 32.1. The number of nitrogens with zero attached hydrogens (tertiary/aromatic N) is 2. The summed E-state index contributed by atoms with van der Waals surface area (Å²) in [5.74, 6) is 0. The van der Waals surface area contributed by atoms with Gasteiger partial charge in [0.25, 0.3) is 0 Å². The first-order chi connectivity index (χ1) is 8.70. The fraction of sp³-hybridized carbons (Fsp3) is 0.714. The van der Waals surface area contributed by atoms with Crippen molar-refractivity contribution in [3.05, 3.63) is 16.1 Å². The van der Waals surface area contributed by atoms with Crippen LogP contribution in [0, 0.1) is 0 Å². The predicted molar refractivity (Wildman–Crippen MR) is 75.1 cm³/mol. The third-order valence-corrected chi connectivity index (χ3v) is 4.56. The highest BCUT2D eigenvalue weighted by Gasteiger charge is 2.25. The van der Waals surface area contributed by atoms with E-state index >= 15 is 0 Å². The van der Waals surface area contributed by atoms with E-state index in [1.165, 1.54) is 30.8 Å². The van der Waals surface area contributed by atoms with Gasteiger partial charge in [-0.1, -0.05) is 6.42 Å². The van der Waals surface area contributed by atoms with Gasteiger partial charge in [-0.2, -0.15) is 0 Å². The molecule has 1 aromatic rings. The van der Waals surface area contributed by atoms with Crippen LogP contribution in [0.5, 0.6) is 0 Å². The number of hydrogen-bond donors (Lipinski definition) is 0. The summed E-state index contributed by atoms with van der Waals surface area (Å²) in [5.41, 5.74) is 0.928. The Kier molecular flexibility index (Phi) is 4.89. The van der Waals surface area contributed by atoms with Crippen molar-refractivity contribution >= 4 is 17.6 Å². The van der Waals surface area contributed by atoms with Gasteiger partial charge in [0.15, 0.2) is 0 Å². The molecule has 0 spiro atoms. The molecule has 0 amide bonds. The zero-order chi connectivity index (χ0) is 13.0. The molecule has 1 aliphatic heterocycles. The van der Waals surface area contributed by atoms with Crippen LogP contribution < -0.4 is 0 Å². The fourth-order valence-electron chi connectivity index (χ4n) is 2.75. The van der Waals surface area contributed by atoms with Gasteiger partial charge in [0.05, 0.1) is 10.7 Å². The predicted octanol–water partition coefficient (Wildman–Crippen LogP) is 2.69. The van der Waals surface area contributed by atoms with E-state index in [4.69, 9.17) is 0 Å². The maximum Gasteiger partial charge on any atom is 0.125 e. The highest BCUT2D eigenvalue weighted by molar-refractivity contribution is 7.09. The molecule has 1 aliphatic rings. The number of carbonyl (C=O) groups is 1. The van der Waals surface area contributed by atoms with E-state index in [0.717, 1.165) is 18.4 Å². The summed E-state index contributed by atoms with van der Waals surface area (Å²) in [6.45, 7) is 5.77. The lowest BCUT2D eigenvalue weighted by Gasteiger charge is -2.38. The minimum absolute atomic E-state index is 0.453. The standard InChI is InChI=1S/C14H22N2OS/c1-11(2)16-7-4-3-5-13(16)9-14-15-12(6-8-17)10-18-14/h8,10-11,13H,3-7,9H2,1-2H3. The third kappa shape index (κ3) is 3.39. The van der Waals surface area contributed by atoms with Gasteiger partial charge in [0, 0.05) is 30.3 Å². The second-order valence-corrected chi connectivity index (χ2v) is 6.23. The number of piperidine rings is 1. The van der Waals surface area contributed by atoms with Gasteiger partial charge in [0.2, 0.25) is 0 Å². The second kappa shape index (κ2) is 6.43. The SMILES string of the molecule is CC(C)N1CCCCC1Cc1nc(CC=O)cs1. The zero-order valence-corrected chi connectivity index (χ0v) is 12.1. The fourth-order valence-corrected chi connectivity index (χ4v) is 3.62. The molecule has 0 N–H and O–H groups in total. The van der Waals surface area contributed by atoms with E-state index in [-0.39, 0.29) is 0 Å². The highest BCUT2D eigenvalue weighted by Crippen LogP contribution is 2.24. The Bertz CT molecular complexity index is 389. The van der Waals surface area contributed by atoms with Gasteiger partial charge in [-0.15, -0.1) is 11.3 Å². The number of carbonyl (C=O) groups excluding carboxylic acids is 1. The van der Waals surface area contributed by atoms with Crippen molar-refractivity contribution in [2.75, 3.05) is 6.54 Å². The molecule has 0 saturated carbocycles. The summed E-state index contributed by atoms with van der Waals surface area (Å²) in [6, 6.07) is 1.25. The lowest BCUT2D eigenvalue weighted by atomic mass is 9.98. The average Bonchev–Trinajstić information content (AvgIpc) is 2.77. The van der Waals surface area contributed by atoms with Crippen molar-refractivity contribution in [3.8, 4) is 0 Å². The number of thiazole rings is 1. The Morgan fingerprint density at radius 2 is 2.39 bits per heavy atom. The molecular formula is C14H22N2OS. The maximum atomic E-state index is 10.5. The Balaban J connectivity index is 1.99. The molecule has 1 fully saturated rings. The van der Waals surface area contributed by atoms with Crippen molar-refractivity contribution in [2.24, 2.45) is 0 Å². The van der Waals surface area contributed by atoms with E-state index in [2.05, 4.69) is 23.7 Å². The number of rotatable bonds is 5. The molecule has 2 heterocycles. The van der Waals surface area contributed by atoms with Crippen LogP contribution in [-0.4, -0.2) is 34.8 Å². The van der Waals surface area contributed by atoms with Gasteiger partial charge in [-0.3, -0.25) is 4.90 Å². The molecule has 18 heavy (non-hydrogen) atoms. The molecule has 1 saturated heterocycles. The summed E-state index contributed by atoms with van der Waals surface area (Å²) >= 11 is 1.70. The Labute approximate surface area is 113 Å². The van der Waals surface area contributed by atoms with Crippen LogP contribution in [0.25, 0.3) is 0 Å². The van der Waals surface area contributed by atoms with Gasteiger partial charge in [0.1, 0.15) is 6.29 Å². The molecule has 1 unspecified atom stereocenters. The minimum Gasteiger partial charge on any atom is -0.303 e. The lowest BCUT2D eigenvalue weighted by Crippen LogP contribution is -2.44. The number of hydrogen-bond acceptors (Lipinski definition) is 4. The molecule has 0 aliphatic carbocycles. The van der Waals surface area contributed by atoms with Crippen molar-refractivity contribution in [1.82, 2.24) is 9.88 Å². The smallest absolute Gasteiger partial charge is 0.125 e. The van der Waals surface area contributed by atoms with Crippen molar-refractivity contribution in [2.45, 2.75) is 58.0 Å². The van der Waals surface area contributed by atoms with E-state index in [1.807, 2.05) is 5.38 Å². The van der Waals surface area contributed by atoms with E-state index < -0.39 is 0 Å². The Morgan fingerprint density at radius 1 is 1.56 bits per heavy atom. The average molecular weight is 266 g/mol. The van der Waals surface area contributed by atoms with Crippen LogP contribution in [0.3, 0.4) is 0 Å². The van der Waals surface area contributed by atoms with E-state index in [1.54, 1.807) is 11.3 Å². The lowest BCUT2D eigenvalue weighted by molar-refractivity contribution is -0.107. The number of aldehydes is 1. The summed E-state index contributed by atoms with van der Waals surface area (Å²) < 4.78 is 0. The minimum atomic E-state index is 0.453. The van der Waals surface area contributed by atoms with Crippen LogP contribution in [0.15, 0.2) is 5.38 Å². The van der Waals surface area contributed by atoms with Crippen LogP contribution in [0.1, 0.15) is 43.8 Å². The first kappa shape index (κ1) is 13.7. The molecule has 0 bridgehead atoms. The molecule has 0 radical (unpaired) electrons. The van der Waals surface area contributed by atoms with Gasteiger partial charge in [-0.25, -0.2) is 4.98 Å². The largest absolute Gasteiger partial charge is 0.303 e. The van der Waals surface area contributed by atoms with Crippen molar-refractivity contribution < 1.29 is 4.79 Å².